The third-order valence-electron chi connectivity index (χ3n) is 4.31. The highest BCUT2D eigenvalue weighted by Gasteiger charge is 2.23. The third-order valence-corrected chi connectivity index (χ3v) is 4.31. The fourth-order valence-electron chi connectivity index (χ4n) is 3.13. The predicted molar refractivity (Wildman–Crippen MR) is 93.2 cm³/mol. The topological polar surface area (TPSA) is 30.2 Å². The zero-order valence-electron chi connectivity index (χ0n) is 14.1. The van der Waals surface area contributed by atoms with E-state index in [4.69, 9.17) is 0 Å². The van der Waals surface area contributed by atoms with Gasteiger partial charge in [0.2, 0.25) is 5.78 Å². The summed E-state index contributed by atoms with van der Waals surface area (Å²) >= 11 is 0. The molecule has 0 fully saturated rings. The molecule has 130 valence electrons. The number of hydrogen-bond acceptors (Lipinski definition) is 2. The maximum atomic E-state index is 14.5. The number of aryl methyl sites for hydroxylation is 2. The Labute approximate surface area is 147 Å². The average Bonchev–Trinajstić information content (AvgIpc) is 3.03. The first-order valence-electron chi connectivity index (χ1n) is 8.01. The first-order chi connectivity index (χ1) is 12.5. The van der Waals surface area contributed by atoms with Gasteiger partial charge in [0.15, 0.2) is 0 Å². The summed E-state index contributed by atoms with van der Waals surface area (Å²) in [6.45, 7) is 3.61. The smallest absolute Gasteiger partial charge is 0.234 e. The van der Waals surface area contributed by atoms with Gasteiger partial charge in [-0.05, 0) is 19.4 Å². The Kier molecular flexibility index (Phi) is 3.76. The van der Waals surface area contributed by atoms with E-state index in [1.807, 2.05) is 31.2 Å². The lowest BCUT2D eigenvalue weighted by Gasteiger charge is -2.16. The van der Waals surface area contributed by atoms with E-state index in [0.29, 0.717) is 29.3 Å². The van der Waals surface area contributed by atoms with Crippen LogP contribution in [-0.2, 0) is 0 Å². The highest BCUT2D eigenvalue weighted by molar-refractivity contribution is 5.84. The zero-order chi connectivity index (χ0) is 18.4. The average molecular weight is 353 g/mol. The molecule has 0 bridgehead atoms. The SMILES string of the molecule is Cc1ccc(-c2c(-c3c(F)cc(F)cc3F)c(C)nc3nccn23)cc1. The van der Waals surface area contributed by atoms with Gasteiger partial charge in [0, 0.05) is 30.1 Å². The molecule has 0 unspecified atom stereocenters. The Balaban J connectivity index is 2.15. The number of nitrogens with zero attached hydrogens (tertiary/aromatic N) is 3. The van der Waals surface area contributed by atoms with Crippen LogP contribution in [0, 0.1) is 31.3 Å². The monoisotopic (exact) mass is 353 g/mol. The minimum absolute atomic E-state index is 0.273. The number of rotatable bonds is 2. The van der Waals surface area contributed by atoms with Gasteiger partial charge < -0.3 is 0 Å². The van der Waals surface area contributed by atoms with Crippen molar-refractivity contribution < 1.29 is 13.2 Å². The minimum atomic E-state index is -0.972. The molecule has 2 aromatic carbocycles. The van der Waals surface area contributed by atoms with Crippen LogP contribution in [0.4, 0.5) is 13.2 Å². The predicted octanol–water partition coefficient (Wildman–Crippen LogP) is 5.10. The van der Waals surface area contributed by atoms with Gasteiger partial charge in [0.05, 0.1) is 17.0 Å². The van der Waals surface area contributed by atoms with E-state index < -0.39 is 17.5 Å². The maximum absolute atomic E-state index is 14.5. The van der Waals surface area contributed by atoms with Crippen molar-refractivity contribution in [2.24, 2.45) is 0 Å². The molecule has 2 aromatic heterocycles. The summed E-state index contributed by atoms with van der Waals surface area (Å²) in [4.78, 5) is 8.53. The second kappa shape index (κ2) is 5.98. The largest absolute Gasteiger partial charge is 0.283 e. The van der Waals surface area contributed by atoms with E-state index in [9.17, 15) is 13.2 Å². The molecule has 2 heterocycles. The lowest BCUT2D eigenvalue weighted by molar-refractivity contribution is 0.547. The summed E-state index contributed by atoms with van der Waals surface area (Å²) in [5.74, 6) is -2.49. The van der Waals surface area contributed by atoms with E-state index in [2.05, 4.69) is 9.97 Å². The molecule has 0 saturated heterocycles. The molecule has 3 nitrogen and oxygen atoms in total. The second-order valence-electron chi connectivity index (χ2n) is 6.13. The van der Waals surface area contributed by atoms with E-state index in [1.54, 1.807) is 23.7 Å². The van der Waals surface area contributed by atoms with Crippen LogP contribution in [0.5, 0.6) is 0 Å². The first-order valence-corrected chi connectivity index (χ1v) is 8.01. The molecule has 0 atom stereocenters. The molecule has 0 spiro atoms. The van der Waals surface area contributed by atoms with Crippen molar-refractivity contribution in [1.82, 2.24) is 14.4 Å². The van der Waals surface area contributed by atoms with Crippen LogP contribution in [0.2, 0.25) is 0 Å². The summed E-state index contributed by atoms with van der Waals surface area (Å²) in [6, 6.07) is 8.91. The van der Waals surface area contributed by atoms with Gasteiger partial charge >= 0.3 is 0 Å². The third kappa shape index (κ3) is 2.54. The molecule has 6 heteroatoms. The number of benzene rings is 2. The number of imidazole rings is 1. The van der Waals surface area contributed by atoms with Crippen molar-refractivity contribution in [2.75, 3.05) is 0 Å². The standard InChI is InChI=1S/C20H14F3N3/c1-11-3-5-13(6-4-11)19-17(12(2)25-20-24-7-8-26(19)20)18-15(22)9-14(21)10-16(18)23/h3-10H,1-2H3. The normalized spacial score (nSPS) is 11.3. The quantitative estimate of drug-likeness (QED) is 0.502. The highest BCUT2D eigenvalue weighted by Crippen LogP contribution is 2.37. The number of hydrogen-bond donors (Lipinski definition) is 0. The summed E-state index contributed by atoms with van der Waals surface area (Å²) in [7, 11) is 0. The van der Waals surface area contributed by atoms with Crippen molar-refractivity contribution in [3.05, 3.63) is 77.5 Å². The van der Waals surface area contributed by atoms with Crippen LogP contribution < -0.4 is 0 Å². The van der Waals surface area contributed by atoms with Crippen molar-refractivity contribution in [3.63, 3.8) is 0 Å². The molecule has 4 rings (SSSR count). The van der Waals surface area contributed by atoms with Gasteiger partial charge in [0.25, 0.3) is 0 Å². The van der Waals surface area contributed by atoms with E-state index >= 15 is 0 Å². The van der Waals surface area contributed by atoms with Crippen molar-refractivity contribution in [3.8, 4) is 22.4 Å². The number of fused-ring (bicyclic) bond motifs is 1. The van der Waals surface area contributed by atoms with E-state index in [1.165, 1.54) is 0 Å². The van der Waals surface area contributed by atoms with Crippen molar-refractivity contribution in [1.29, 1.82) is 0 Å². The first kappa shape index (κ1) is 16.3. The molecular weight excluding hydrogens is 339 g/mol. The molecule has 26 heavy (non-hydrogen) atoms. The Morgan fingerprint density at radius 2 is 1.54 bits per heavy atom. The van der Waals surface area contributed by atoms with Crippen LogP contribution in [0.1, 0.15) is 11.3 Å². The molecule has 0 radical (unpaired) electrons. The van der Waals surface area contributed by atoms with Crippen LogP contribution in [0.3, 0.4) is 0 Å². The van der Waals surface area contributed by atoms with Crippen LogP contribution in [0.25, 0.3) is 28.2 Å². The Morgan fingerprint density at radius 3 is 2.19 bits per heavy atom. The van der Waals surface area contributed by atoms with Crippen LogP contribution in [0.15, 0.2) is 48.8 Å². The Morgan fingerprint density at radius 1 is 0.885 bits per heavy atom. The molecule has 0 aliphatic rings. The van der Waals surface area contributed by atoms with Crippen molar-refractivity contribution in [2.45, 2.75) is 13.8 Å². The summed E-state index contributed by atoms with van der Waals surface area (Å²) in [5, 5.41) is 0. The molecule has 0 amide bonds. The Bertz CT molecular complexity index is 1110. The van der Waals surface area contributed by atoms with Gasteiger partial charge in [0.1, 0.15) is 17.5 Å². The molecule has 0 aliphatic carbocycles. The molecule has 0 saturated carbocycles. The van der Waals surface area contributed by atoms with Gasteiger partial charge in [-0.15, -0.1) is 0 Å². The van der Waals surface area contributed by atoms with Gasteiger partial charge in [-0.2, -0.15) is 0 Å². The molecule has 4 aromatic rings. The highest BCUT2D eigenvalue weighted by atomic mass is 19.1. The van der Waals surface area contributed by atoms with Crippen LogP contribution >= 0.6 is 0 Å². The van der Waals surface area contributed by atoms with Gasteiger partial charge in [-0.1, -0.05) is 29.8 Å². The number of aromatic nitrogens is 3. The lowest BCUT2D eigenvalue weighted by atomic mass is 9.96. The lowest BCUT2D eigenvalue weighted by Crippen LogP contribution is -2.04. The number of halogens is 3. The zero-order valence-corrected chi connectivity index (χ0v) is 14.1. The van der Waals surface area contributed by atoms with Gasteiger partial charge in [-0.3, -0.25) is 4.40 Å². The molecule has 0 aliphatic heterocycles. The van der Waals surface area contributed by atoms with Crippen molar-refractivity contribution >= 4 is 5.78 Å². The fraction of sp³-hybridized carbons (Fsp3) is 0.100. The summed E-state index contributed by atoms with van der Waals surface area (Å²) in [5.41, 5.74) is 2.74. The second-order valence-corrected chi connectivity index (χ2v) is 6.13. The van der Waals surface area contributed by atoms with E-state index in [0.717, 1.165) is 11.1 Å². The maximum Gasteiger partial charge on any atom is 0.234 e. The Hall–Kier alpha value is -3.15. The molecule has 0 N–H and O–H groups in total. The fourth-order valence-corrected chi connectivity index (χ4v) is 3.13. The summed E-state index contributed by atoms with van der Waals surface area (Å²) in [6.07, 6.45) is 3.25. The van der Waals surface area contributed by atoms with Gasteiger partial charge in [-0.25, -0.2) is 23.1 Å². The van der Waals surface area contributed by atoms with E-state index in [-0.39, 0.29) is 11.1 Å². The molecular formula is C20H14F3N3. The minimum Gasteiger partial charge on any atom is -0.283 e. The summed E-state index contributed by atoms with van der Waals surface area (Å²) < 4.78 is 44.1. The van der Waals surface area contributed by atoms with Crippen LogP contribution in [-0.4, -0.2) is 14.4 Å².